The van der Waals surface area contributed by atoms with Gasteiger partial charge in [0.1, 0.15) is 5.82 Å². The average molecular weight is 367 g/mol. The number of hydrogen-bond donors (Lipinski definition) is 1. The second kappa shape index (κ2) is 6.71. The lowest BCUT2D eigenvalue weighted by atomic mass is 10.1. The van der Waals surface area contributed by atoms with Crippen molar-refractivity contribution >= 4 is 21.8 Å². The summed E-state index contributed by atoms with van der Waals surface area (Å²) in [5.74, 6) is -0.0375. The molecule has 24 heavy (non-hydrogen) atoms. The van der Waals surface area contributed by atoms with E-state index in [9.17, 15) is 21.6 Å². The van der Waals surface area contributed by atoms with Gasteiger partial charge in [0, 0.05) is 39.3 Å². The highest BCUT2D eigenvalue weighted by Crippen LogP contribution is 2.30. The van der Waals surface area contributed by atoms with Gasteiger partial charge in [0.25, 0.3) is 0 Å². The smallest absolute Gasteiger partial charge is 0.363 e. The topological polar surface area (TPSA) is 78.4 Å². The summed E-state index contributed by atoms with van der Waals surface area (Å²) in [6.07, 6.45) is -2.23. The van der Waals surface area contributed by atoms with Crippen molar-refractivity contribution in [3.63, 3.8) is 0 Å². The van der Waals surface area contributed by atoms with Gasteiger partial charge in [0.15, 0.2) is 5.69 Å². The number of aromatic nitrogens is 2. The highest BCUT2D eigenvalue weighted by molar-refractivity contribution is 7.88. The minimum atomic E-state index is -4.59. The molecule has 2 heterocycles. The first-order chi connectivity index (χ1) is 11.0. The van der Waals surface area contributed by atoms with Crippen LogP contribution in [0.1, 0.15) is 18.5 Å². The van der Waals surface area contributed by atoms with Gasteiger partial charge in [-0.25, -0.2) is 17.7 Å². The summed E-state index contributed by atoms with van der Waals surface area (Å²) < 4.78 is 63.5. The number of hydrogen-bond acceptors (Lipinski definition) is 6. The molecular weight excluding hydrogens is 347 g/mol. The first-order valence-electron chi connectivity index (χ1n) is 7.32. The molecule has 0 bridgehead atoms. The van der Waals surface area contributed by atoms with Crippen molar-refractivity contribution in [2.75, 3.05) is 43.7 Å². The van der Waals surface area contributed by atoms with E-state index in [-0.39, 0.29) is 24.4 Å². The van der Waals surface area contributed by atoms with Gasteiger partial charge >= 0.3 is 6.18 Å². The minimum Gasteiger partial charge on any atom is -0.363 e. The fourth-order valence-electron chi connectivity index (χ4n) is 2.42. The third-order valence-corrected chi connectivity index (χ3v) is 4.92. The molecule has 1 saturated heterocycles. The summed E-state index contributed by atoms with van der Waals surface area (Å²) in [5, 5.41) is 2.84. The van der Waals surface area contributed by atoms with Crippen molar-refractivity contribution in [1.29, 1.82) is 0 Å². The van der Waals surface area contributed by atoms with Crippen LogP contribution in [0.4, 0.5) is 24.9 Å². The zero-order valence-electron chi connectivity index (χ0n) is 13.6. The zero-order valence-corrected chi connectivity index (χ0v) is 14.4. The minimum absolute atomic E-state index is 0.121. The fraction of sp³-hybridized carbons (Fsp3) is 0.692. The summed E-state index contributed by atoms with van der Waals surface area (Å²) in [7, 11) is -0.177. The van der Waals surface area contributed by atoms with Gasteiger partial charge in [-0.05, 0) is 12.8 Å². The van der Waals surface area contributed by atoms with Crippen LogP contribution in [0.3, 0.4) is 0 Å². The van der Waals surface area contributed by atoms with E-state index in [1.165, 1.54) is 9.21 Å². The number of anilines is 2. The molecule has 1 fully saturated rings. The zero-order chi connectivity index (χ0) is 18.1. The standard InChI is InChI=1S/C13H20F3N5O2S/c1-20(2)11-7-10(13(14,15)16)18-12(19-11)17-9-5-4-6-21(8-9)24(3,22)23/h7,9H,4-6,8H2,1-3H3,(H,17,18,19). The van der Waals surface area contributed by atoms with Crippen LogP contribution in [-0.4, -0.2) is 62.2 Å². The maximum Gasteiger partial charge on any atom is 0.433 e. The molecule has 7 nitrogen and oxygen atoms in total. The quantitative estimate of drug-likeness (QED) is 0.867. The molecule has 1 aliphatic rings. The van der Waals surface area contributed by atoms with Gasteiger partial charge in [-0.1, -0.05) is 0 Å². The molecule has 1 aliphatic heterocycles. The van der Waals surface area contributed by atoms with Crippen LogP contribution in [0.2, 0.25) is 0 Å². The molecule has 1 unspecified atom stereocenters. The van der Waals surface area contributed by atoms with E-state index < -0.39 is 21.9 Å². The van der Waals surface area contributed by atoms with E-state index in [0.29, 0.717) is 19.4 Å². The van der Waals surface area contributed by atoms with E-state index in [1.807, 2.05) is 0 Å². The summed E-state index contributed by atoms with van der Waals surface area (Å²) in [6, 6.07) is 0.529. The van der Waals surface area contributed by atoms with Gasteiger partial charge in [0.05, 0.1) is 6.26 Å². The Kier molecular flexibility index (Phi) is 5.23. The van der Waals surface area contributed by atoms with Gasteiger partial charge in [-0.3, -0.25) is 0 Å². The van der Waals surface area contributed by atoms with Gasteiger partial charge in [0.2, 0.25) is 16.0 Å². The van der Waals surface area contributed by atoms with Crippen LogP contribution in [0, 0.1) is 0 Å². The first kappa shape index (κ1) is 18.7. The molecule has 136 valence electrons. The summed E-state index contributed by atoms with van der Waals surface area (Å²) in [5.41, 5.74) is -1.04. The Hall–Kier alpha value is -1.62. The predicted molar refractivity (Wildman–Crippen MR) is 84.4 cm³/mol. The van der Waals surface area contributed by atoms with Crippen LogP contribution in [0.5, 0.6) is 0 Å². The normalized spacial score (nSPS) is 20.0. The second-order valence-electron chi connectivity index (χ2n) is 5.93. The molecule has 0 spiro atoms. The average Bonchev–Trinajstić information content (AvgIpc) is 2.45. The van der Waals surface area contributed by atoms with Crippen LogP contribution in [0.15, 0.2) is 6.07 Å². The van der Waals surface area contributed by atoms with Crippen molar-refractivity contribution in [2.24, 2.45) is 0 Å². The monoisotopic (exact) mass is 367 g/mol. The van der Waals surface area contributed by atoms with Gasteiger partial charge in [-0.2, -0.15) is 18.2 Å². The number of rotatable bonds is 4. The van der Waals surface area contributed by atoms with Crippen molar-refractivity contribution in [3.05, 3.63) is 11.8 Å². The van der Waals surface area contributed by atoms with Crippen LogP contribution in [-0.2, 0) is 16.2 Å². The molecule has 1 aromatic rings. The molecule has 0 amide bonds. The van der Waals surface area contributed by atoms with E-state index in [1.54, 1.807) is 14.1 Å². The molecule has 0 radical (unpaired) electrons. The van der Waals surface area contributed by atoms with Crippen molar-refractivity contribution < 1.29 is 21.6 Å². The van der Waals surface area contributed by atoms with Crippen LogP contribution < -0.4 is 10.2 Å². The SMILES string of the molecule is CN(C)c1cc(C(F)(F)F)nc(NC2CCCN(S(C)(=O)=O)C2)n1. The highest BCUT2D eigenvalue weighted by Gasteiger charge is 2.34. The largest absolute Gasteiger partial charge is 0.433 e. The van der Waals surface area contributed by atoms with Crippen LogP contribution in [0.25, 0.3) is 0 Å². The maximum absolute atomic E-state index is 13.0. The Morgan fingerprint density at radius 1 is 1.33 bits per heavy atom. The molecule has 0 saturated carbocycles. The van der Waals surface area contributed by atoms with Crippen molar-refractivity contribution in [2.45, 2.75) is 25.1 Å². The summed E-state index contributed by atoms with van der Waals surface area (Å²) >= 11 is 0. The Morgan fingerprint density at radius 2 is 2.00 bits per heavy atom. The number of nitrogens with one attached hydrogen (secondary N) is 1. The number of alkyl halides is 3. The lowest BCUT2D eigenvalue weighted by molar-refractivity contribution is -0.141. The number of nitrogens with zero attached hydrogens (tertiary/aromatic N) is 4. The number of piperidine rings is 1. The lowest BCUT2D eigenvalue weighted by Crippen LogP contribution is -2.44. The predicted octanol–water partition coefficient (Wildman–Crippen LogP) is 1.40. The molecule has 11 heteroatoms. The molecular formula is C13H20F3N5O2S. The molecule has 2 rings (SSSR count). The first-order valence-corrected chi connectivity index (χ1v) is 9.17. The Bertz CT molecular complexity index is 693. The Labute approximate surface area is 138 Å². The summed E-state index contributed by atoms with van der Waals surface area (Å²) in [6.45, 7) is 0.582. The van der Waals surface area contributed by atoms with E-state index >= 15 is 0 Å². The number of sulfonamides is 1. The molecule has 0 aliphatic carbocycles. The van der Waals surface area contributed by atoms with E-state index in [4.69, 9.17) is 0 Å². The maximum atomic E-state index is 13.0. The highest BCUT2D eigenvalue weighted by atomic mass is 32.2. The third kappa shape index (κ3) is 4.69. The van der Waals surface area contributed by atoms with E-state index in [2.05, 4.69) is 15.3 Å². The third-order valence-electron chi connectivity index (χ3n) is 3.65. The molecule has 1 N–H and O–H groups in total. The summed E-state index contributed by atoms with van der Waals surface area (Å²) in [4.78, 5) is 9.04. The van der Waals surface area contributed by atoms with Crippen molar-refractivity contribution in [1.82, 2.24) is 14.3 Å². The van der Waals surface area contributed by atoms with Crippen molar-refractivity contribution in [3.8, 4) is 0 Å². The van der Waals surface area contributed by atoms with Crippen LogP contribution >= 0.6 is 0 Å². The van der Waals surface area contributed by atoms with Gasteiger partial charge < -0.3 is 10.2 Å². The fourth-order valence-corrected chi connectivity index (χ4v) is 3.33. The Morgan fingerprint density at radius 3 is 2.54 bits per heavy atom. The Balaban J connectivity index is 2.24. The molecule has 1 aromatic heterocycles. The molecule has 0 aromatic carbocycles. The van der Waals surface area contributed by atoms with E-state index in [0.717, 1.165) is 12.3 Å². The molecule has 1 atom stereocenters. The lowest BCUT2D eigenvalue weighted by Gasteiger charge is -2.31. The number of halogens is 3. The van der Waals surface area contributed by atoms with Gasteiger partial charge in [-0.15, -0.1) is 0 Å². The second-order valence-corrected chi connectivity index (χ2v) is 7.91.